The van der Waals surface area contributed by atoms with E-state index in [-0.39, 0.29) is 23.7 Å². The van der Waals surface area contributed by atoms with Gasteiger partial charge >= 0.3 is 5.69 Å². The molecule has 1 saturated carbocycles. The zero-order valence-electron chi connectivity index (χ0n) is 34.0. The van der Waals surface area contributed by atoms with E-state index in [1.165, 1.54) is 10.7 Å². The lowest BCUT2D eigenvalue weighted by Crippen LogP contribution is -2.61. The third-order valence-corrected chi connectivity index (χ3v) is 13.5. The van der Waals surface area contributed by atoms with Crippen molar-refractivity contribution in [1.29, 1.82) is 0 Å². The third-order valence-electron chi connectivity index (χ3n) is 13.5. The number of halogens is 1. The van der Waals surface area contributed by atoms with Gasteiger partial charge in [-0.2, -0.15) is 0 Å². The molecule has 0 radical (unpaired) electrons. The fourth-order valence-electron chi connectivity index (χ4n) is 10.1. The fourth-order valence-corrected chi connectivity index (χ4v) is 10.1. The SMILES string of the molecule is CNc1cc(Nc2cccc(N3CCC(CN4CC5(CCN(c6cccc7c6n(C)c(=O)n7C6CCC(=O)NC6=O)CC5)C4)CC3)c2)nn2c(C(=O)N[C@@H]3C[C@@H]3F)cnc12. The van der Waals surface area contributed by atoms with Crippen molar-refractivity contribution in [2.75, 3.05) is 73.3 Å². The summed E-state index contributed by atoms with van der Waals surface area (Å²) in [5, 5.41) is 16.4. The van der Waals surface area contributed by atoms with Gasteiger partial charge in [-0.3, -0.25) is 28.8 Å². The van der Waals surface area contributed by atoms with E-state index in [0.717, 1.165) is 99.6 Å². The highest BCUT2D eigenvalue weighted by Gasteiger charge is 2.46. The number of carbonyl (C=O) groups is 3. The van der Waals surface area contributed by atoms with Crippen LogP contribution < -0.4 is 36.8 Å². The largest absolute Gasteiger partial charge is 0.385 e. The molecule has 5 aliphatic rings. The van der Waals surface area contributed by atoms with E-state index in [4.69, 9.17) is 0 Å². The molecule has 3 atom stereocenters. The van der Waals surface area contributed by atoms with Gasteiger partial charge in [-0.05, 0) is 73.8 Å². The van der Waals surface area contributed by atoms with Gasteiger partial charge in [0.1, 0.15) is 12.2 Å². The summed E-state index contributed by atoms with van der Waals surface area (Å²) in [6, 6.07) is 15.0. The number of nitrogens with zero attached hydrogens (tertiary/aromatic N) is 8. The third kappa shape index (κ3) is 6.91. The van der Waals surface area contributed by atoms with Gasteiger partial charge in [0.2, 0.25) is 11.8 Å². The quantitative estimate of drug-likeness (QED) is 0.152. The molecule has 60 heavy (non-hydrogen) atoms. The Hall–Kier alpha value is -5.97. The average molecular weight is 819 g/mol. The van der Waals surface area contributed by atoms with Gasteiger partial charge in [-0.15, -0.1) is 5.10 Å². The van der Waals surface area contributed by atoms with E-state index in [9.17, 15) is 23.6 Å². The molecule has 7 heterocycles. The van der Waals surface area contributed by atoms with Crippen LogP contribution in [0.15, 0.2) is 59.5 Å². The van der Waals surface area contributed by atoms with Crippen molar-refractivity contribution in [2.24, 2.45) is 18.4 Å². The Balaban J connectivity index is 0.726. The molecule has 5 aromatic rings. The number of para-hydroxylation sites is 1. The van der Waals surface area contributed by atoms with Crippen molar-refractivity contribution in [3.05, 3.63) is 70.9 Å². The zero-order chi connectivity index (χ0) is 41.3. The van der Waals surface area contributed by atoms with E-state index in [1.54, 1.807) is 23.2 Å². The predicted octanol–water partition coefficient (Wildman–Crippen LogP) is 3.80. The molecular formula is C43H51FN12O4. The Labute approximate surface area is 346 Å². The molecule has 16 nitrogen and oxygen atoms in total. The van der Waals surface area contributed by atoms with Gasteiger partial charge in [0.15, 0.2) is 17.2 Å². The number of alkyl halides is 1. The first-order valence-electron chi connectivity index (χ1n) is 21.2. The Morgan fingerprint density at radius 2 is 1.75 bits per heavy atom. The summed E-state index contributed by atoms with van der Waals surface area (Å²) >= 11 is 0. The van der Waals surface area contributed by atoms with Crippen LogP contribution in [0.2, 0.25) is 0 Å². The highest BCUT2D eigenvalue weighted by molar-refractivity contribution is 6.00. The number of amides is 3. The first-order valence-corrected chi connectivity index (χ1v) is 21.2. The van der Waals surface area contributed by atoms with Crippen molar-refractivity contribution >= 4 is 63.0 Å². The minimum atomic E-state index is -0.999. The van der Waals surface area contributed by atoms with E-state index < -0.39 is 30.1 Å². The Morgan fingerprint density at radius 3 is 2.48 bits per heavy atom. The monoisotopic (exact) mass is 818 g/mol. The second-order valence-electron chi connectivity index (χ2n) is 17.5. The number of hydrogen-bond donors (Lipinski definition) is 4. The molecule has 4 saturated heterocycles. The van der Waals surface area contributed by atoms with Gasteiger partial charge in [0.25, 0.3) is 5.91 Å². The van der Waals surface area contributed by atoms with Crippen LogP contribution in [-0.2, 0) is 16.6 Å². The topological polar surface area (TPSA) is 166 Å². The standard InChI is InChI=1S/C43H51FN12O4/c1-45-31-21-36(50-56-35(22-46-39(31)56)41(59)48-30-20-29(30)44)47-27-5-3-6-28(19-27)53-15-11-26(12-16-53)23-52-24-43(25-52)13-17-54(18-14-43)32-7-4-8-33-38(32)51(2)42(60)55(33)34-9-10-37(57)49-40(34)58/h3-8,19,21-22,26,29-30,34,45H,9-18,20,23-25H2,1-2H3,(H,47,50)(H,48,59)(H,49,57,58)/t29-,30+,34?/m0/s1. The Kier molecular flexibility index (Phi) is 9.52. The number of imidazole rings is 2. The summed E-state index contributed by atoms with van der Waals surface area (Å²) in [6.45, 7) is 7.20. The average Bonchev–Trinajstić information content (AvgIpc) is 3.64. The number of piperidine rings is 3. The van der Waals surface area contributed by atoms with Gasteiger partial charge in [0.05, 0.1) is 34.6 Å². The van der Waals surface area contributed by atoms with E-state index in [2.05, 4.69) is 64.2 Å². The Bertz CT molecular complexity index is 2560. The number of carbonyl (C=O) groups excluding carboxylic acids is 3. The maximum atomic E-state index is 13.5. The highest BCUT2D eigenvalue weighted by atomic mass is 19.1. The summed E-state index contributed by atoms with van der Waals surface area (Å²) in [5.41, 5.74) is 6.20. The lowest BCUT2D eigenvalue weighted by Gasteiger charge is -2.55. The van der Waals surface area contributed by atoms with Crippen LogP contribution in [0, 0.1) is 11.3 Å². The number of imide groups is 1. The van der Waals surface area contributed by atoms with Crippen molar-refractivity contribution in [3.63, 3.8) is 0 Å². The van der Waals surface area contributed by atoms with Crippen molar-refractivity contribution in [3.8, 4) is 0 Å². The smallest absolute Gasteiger partial charge is 0.329 e. The molecular weight excluding hydrogens is 768 g/mol. The number of nitrogens with one attached hydrogen (secondary N) is 4. The lowest BCUT2D eigenvalue weighted by atomic mass is 9.71. The lowest BCUT2D eigenvalue weighted by molar-refractivity contribution is -0.135. The minimum Gasteiger partial charge on any atom is -0.385 e. The van der Waals surface area contributed by atoms with Crippen molar-refractivity contribution in [2.45, 2.75) is 63.2 Å². The number of rotatable bonds is 10. The van der Waals surface area contributed by atoms with E-state index in [0.29, 0.717) is 41.3 Å². The molecule has 2 aromatic carbocycles. The molecule has 5 fully saturated rings. The number of anilines is 5. The molecule has 3 amide bonds. The first kappa shape index (κ1) is 38.2. The second kappa shape index (κ2) is 14.9. The van der Waals surface area contributed by atoms with E-state index >= 15 is 0 Å². The summed E-state index contributed by atoms with van der Waals surface area (Å²) in [7, 11) is 3.57. The fraction of sp³-hybridized carbons (Fsp3) is 0.488. The van der Waals surface area contributed by atoms with Crippen LogP contribution in [0.4, 0.5) is 33.0 Å². The predicted molar refractivity (Wildman–Crippen MR) is 227 cm³/mol. The number of likely N-dealkylation sites (tertiary alicyclic amines) is 1. The maximum absolute atomic E-state index is 13.5. The van der Waals surface area contributed by atoms with Crippen molar-refractivity contribution in [1.82, 2.24) is 39.3 Å². The molecule has 3 aromatic heterocycles. The van der Waals surface area contributed by atoms with Crippen molar-refractivity contribution < 1.29 is 18.8 Å². The number of aromatic nitrogens is 5. The number of hydrogen-bond acceptors (Lipinski definition) is 11. The molecule has 4 N–H and O–H groups in total. The number of benzene rings is 2. The molecule has 10 rings (SSSR count). The van der Waals surface area contributed by atoms with Gasteiger partial charge in [0, 0.05) is 90.2 Å². The minimum absolute atomic E-state index is 0.221. The van der Waals surface area contributed by atoms with Crippen LogP contribution in [0.5, 0.6) is 0 Å². The maximum Gasteiger partial charge on any atom is 0.329 e. The van der Waals surface area contributed by atoms with Crippen LogP contribution in [0.25, 0.3) is 16.7 Å². The van der Waals surface area contributed by atoms with Gasteiger partial charge in [-0.25, -0.2) is 18.7 Å². The molecule has 0 bridgehead atoms. The highest BCUT2D eigenvalue weighted by Crippen LogP contribution is 2.43. The second-order valence-corrected chi connectivity index (χ2v) is 17.5. The van der Waals surface area contributed by atoms with Gasteiger partial charge < -0.3 is 30.7 Å². The molecule has 314 valence electrons. The molecule has 1 spiro atoms. The molecule has 1 unspecified atom stereocenters. The van der Waals surface area contributed by atoms with E-state index in [1.807, 2.05) is 30.3 Å². The van der Waals surface area contributed by atoms with Crippen LogP contribution >= 0.6 is 0 Å². The number of fused-ring (bicyclic) bond motifs is 2. The normalized spacial score (nSPS) is 23.2. The van der Waals surface area contributed by atoms with Gasteiger partial charge in [-0.1, -0.05) is 12.1 Å². The molecule has 17 heteroatoms. The summed E-state index contributed by atoms with van der Waals surface area (Å²) in [6.07, 6.45) is 5.81. The van der Waals surface area contributed by atoms with Crippen LogP contribution in [0.1, 0.15) is 61.5 Å². The molecule has 4 aliphatic heterocycles. The first-order chi connectivity index (χ1) is 29.1. The Morgan fingerprint density at radius 1 is 0.983 bits per heavy atom. The summed E-state index contributed by atoms with van der Waals surface area (Å²) in [4.78, 5) is 62.8. The van der Waals surface area contributed by atoms with Crippen LogP contribution in [-0.4, -0.2) is 111 Å². The molecule has 1 aliphatic carbocycles. The summed E-state index contributed by atoms with van der Waals surface area (Å²) < 4.78 is 18.2. The van der Waals surface area contributed by atoms with Crippen LogP contribution in [0.3, 0.4) is 0 Å². The number of aryl methyl sites for hydroxylation is 1. The zero-order valence-corrected chi connectivity index (χ0v) is 34.0. The summed E-state index contributed by atoms with van der Waals surface area (Å²) in [5.74, 6) is 0.0949.